The van der Waals surface area contributed by atoms with Gasteiger partial charge in [0.2, 0.25) is 0 Å². The molecule has 1 aliphatic carbocycles. The Morgan fingerprint density at radius 2 is 1.63 bits per heavy atom. The van der Waals surface area contributed by atoms with Crippen molar-refractivity contribution in [1.82, 2.24) is 5.32 Å². The van der Waals surface area contributed by atoms with Crippen LogP contribution in [-0.2, 0) is 14.8 Å². The molecule has 3 rings (SSSR count). The van der Waals surface area contributed by atoms with Crippen molar-refractivity contribution in [2.45, 2.75) is 30.7 Å². The molecule has 2 aromatic carbocycles. The molecule has 0 aliphatic heterocycles. The minimum absolute atomic E-state index is 0.0107. The minimum atomic E-state index is -3.78. The molecule has 1 fully saturated rings. The third-order valence-electron chi connectivity index (χ3n) is 4.38. The van der Waals surface area contributed by atoms with Gasteiger partial charge in [0.25, 0.3) is 15.9 Å². The van der Waals surface area contributed by atoms with Gasteiger partial charge in [-0.05, 0) is 62.1 Å². The van der Waals surface area contributed by atoms with E-state index in [0.717, 1.165) is 18.4 Å². The van der Waals surface area contributed by atoms with E-state index >= 15 is 0 Å². The quantitative estimate of drug-likeness (QED) is 0.674. The summed E-state index contributed by atoms with van der Waals surface area (Å²) in [7, 11) is -3.78. The predicted molar refractivity (Wildman–Crippen MR) is 100 cm³/mol. The molecule has 142 valence electrons. The molecule has 1 atom stereocenters. The van der Waals surface area contributed by atoms with E-state index in [9.17, 15) is 23.1 Å². The summed E-state index contributed by atoms with van der Waals surface area (Å²) >= 11 is 0. The molecule has 8 heteroatoms. The number of sulfonamides is 1. The summed E-state index contributed by atoms with van der Waals surface area (Å²) in [4.78, 5) is 23.5. The number of nitrogens with one attached hydrogen (secondary N) is 2. The van der Waals surface area contributed by atoms with Crippen LogP contribution in [0, 0.1) is 12.8 Å². The Bertz CT molecular complexity index is 949. The molecular weight excluding hydrogens is 368 g/mol. The third kappa shape index (κ3) is 4.65. The summed E-state index contributed by atoms with van der Waals surface area (Å²) in [5.41, 5.74) is 1.66. The van der Waals surface area contributed by atoms with Crippen LogP contribution in [-0.4, -0.2) is 31.4 Å². The summed E-state index contributed by atoms with van der Waals surface area (Å²) in [5, 5.41) is 11.7. The molecule has 1 unspecified atom stereocenters. The van der Waals surface area contributed by atoms with Crippen molar-refractivity contribution in [3.63, 3.8) is 0 Å². The van der Waals surface area contributed by atoms with Crippen LogP contribution in [0.5, 0.6) is 0 Å². The van der Waals surface area contributed by atoms with Crippen LogP contribution in [0.1, 0.15) is 28.8 Å². The monoisotopic (exact) mass is 388 g/mol. The van der Waals surface area contributed by atoms with Crippen LogP contribution in [0.25, 0.3) is 0 Å². The summed E-state index contributed by atoms with van der Waals surface area (Å²) < 4.78 is 27.4. The maximum Gasteiger partial charge on any atom is 0.326 e. The van der Waals surface area contributed by atoms with Gasteiger partial charge < -0.3 is 10.4 Å². The summed E-state index contributed by atoms with van der Waals surface area (Å²) in [6, 6.07) is 11.4. The standard InChI is InChI=1S/C19H20N2O5S/c1-12-2-8-15(9-3-12)21-27(25,26)16-10-6-14(7-11-16)18(22)20-17(19(23)24)13-4-5-13/h2-3,6-11,13,17,21H,4-5H2,1H3,(H,20,22)(H,23,24). The van der Waals surface area contributed by atoms with Crippen molar-refractivity contribution in [2.75, 3.05) is 4.72 Å². The van der Waals surface area contributed by atoms with E-state index < -0.39 is 27.9 Å². The van der Waals surface area contributed by atoms with E-state index in [2.05, 4.69) is 10.0 Å². The van der Waals surface area contributed by atoms with Gasteiger partial charge in [-0.25, -0.2) is 13.2 Å². The highest BCUT2D eigenvalue weighted by Crippen LogP contribution is 2.32. The molecule has 0 bridgehead atoms. The fraction of sp³-hybridized carbons (Fsp3) is 0.263. The lowest BCUT2D eigenvalue weighted by atomic mass is 10.1. The Hall–Kier alpha value is -2.87. The van der Waals surface area contributed by atoms with Crippen molar-refractivity contribution in [3.05, 3.63) is 59.7 Å². The van der Waals surface area contributed by atoms with Gasteiger partial charge in [-0.15, -0.1) is 0 Å². The topological polar surface area (TPSA) is 113 Å². The van der Waals surface area contributed by atoms with Crippen molar-refractivity contribution in [2.24, 2.45) is 5.92 Å². The van der Waals surface area contributed by atoms with Crippen molar-refractivity contribution in [1.29, 1.82) is 0 Å². The normalized spacial score (nSPS) is 15.0. The second kappa shape index (κ2) is 7.40. The second-order valence-corrected chi connectivity index (χ2v) is 8.31. The molecule has 7 nitrogen and oxygen atoms in total. The molecule has 0 saturated heterocycles. The van der Waals surface area contributed by atoms with Crippen molar-refractivity contribution in [3.8, 4) is 0 Å². The van der Waals surface area contributed by atoms with Crippen LogP contribution in [0.4, 0.5) is 5.69 Å². The number of carbonyl (C=O) groups is 2. The number of amides is 1. The van der Waals surface area contributed by atoms with Gasteiger partial charge in [-0.3, -0.25) is 9.52 Å². The van der Waals surface area contributed by atoms with Gasteiger partial charge in [-0.2, -0.15) is 0 Å². The molecule has 27 heavy (non-hydrogen) atoms. The largest absolute Gasteiger partial charge is 0.480 e. The molecule has 1 amide bonds. The van der Waals surface area contributed by atoms with E-state index in [1.807, 2.05) is 6.92 Å². The molecule has 1 aliphatic rings. The number of anilines is 1. The van der Waals surface area contributed by atoms with Crippen molar-refractivity contribution < 1.29 is 23.1 Å². The molecular formula is C19H20N2O5S. The van der Waals surface area contributed by atoms with Crippen LogP contribution >= 0.6 is 0 Å². The lowest BCUT2D eigenvalue weighted by Gasteiger charge is -2.14. The maximum atomic E-state index is 12.4. The number of hydrogen-bond acceptors (Lipinski definition) is 4. The SMILES string of the molecule is Cc1ccc(NS(=O)(=O)c2ccc(C(=O)NC(C(=O)O)C3CC3)cc2)cc1. The molecule has 0 heterocycles. The third-order valence-corrected chi connectivity index (χ3v) is 5.77. The maximum absolute atomic E-state index is 12.4. The van der Waals surface area contributed by atoms with E-state index in [0.29, 0.717) is 5.69 Å². The minimum Gasteiger partial charge on any atom is -0.480 e. The number of aryl methyl sites for hydroxylation is 1. The number of carboxylic acids is 1. The zero-order valence-electron chi connectivity index (χ0n) is 14.7. The highest BCUT2D eigenvalue weighted by molar-refractivity contribution is 7.92. The Morgan fingerprint density at radius 1 is 1.04 bits per heavy atom. The number of carboxylic acid groups (broad SMARTS) is 1. The zero-order chi connectivity index (χ0) is 19.6. The second-order valence-electron chi connectivity index (χ2n) is 6.62. The number of carbonyl (C=O) groups excluding carboxylic acids is 1. The van der Waals surface area contributed by atoms with Gasteiger partial charge in [0, 0.05) is 11.3 Å². The fourth-order valence-corrected chi connectivity index (χ4v) is 3.72. The Kier molecular flexibility index (Phi) is 5.18. The first-order chi connectivity index (χ1) is 12.8. The fourth-order valence-electron chi connectivity index (χ4n) is 2.66. The number of aliphatic carboxylic acids is 1. The van der Waals surface area contributed by atoms with E-state index in [4.69, 9.17) is 0 Å². The van der Waals surface area contributed by atoms with Gasteiger partial charge in [-0.1, -0.05) is 17.7 Å². The smallest absolute Gasteiger partial charge is 0.326 e. The zero-order valence-corrected chi connectivity index (χ0v) is 15.5. The summed E-state index contributed by atoms with van der Waals surface area (Å²) in [6.07, 6.45) is 1.55. The molecule has 0 radical (unpaired) electrons. The number of rotatable bonds is 7. The van der Waals surface area contributed by atoms with E-state index in [-0.39, 0.29) is 16.4 Å². The average Bonchev–Trinajstić information content (AvgIpc) is 3.46. The summed E-state index contributed by atoms with van der Waals surface area (Å²) in [5.74, 6) is -1.64. The lowest BCUT2D eigenvalue weighted by Crippen LogP contribution is -2.42. The van der Waals surface area contributed by atoms with Crippen LogP contribution in [0.2, 0.25) is 0 Å². The van der Waals surface area contributed by atoms with E-state index in [1.165, 1.54) is 24.3 Å². The first-order valence-electron chi connectivity index (χ1n) is 8.49. The Labute approximate surface area is 157 Å². The number of benzene rings is 2. The molecule has 0 spiro atoms. The predicted octanol–water partition coefficient (Wildman–Crippen LogP) is 2.39. The highest BCUT2D eigenvalue weighted by Gasteiger charge is 2.37. The Morgan fingerprint density at radius 3 is 2.15 bits per heavy atom. The van der Waals surface area contributed by atoms with Gasteiger partial charge >= 0.3 is 5.97 Å². The Balaban J connectivity index is 1.71. The average molecular weight is 388 g/mol. The van der Waals surface area contributed by atoms with Crippen molar-refractivity contribution >= 4 is 27.6 Å². The van der Waals surface area contributed by atoms with Crippen LogP contribution in [0.15, 0.2) is 53.4 Å². The molecule has 3 N–H and O–H groups in total. The molecule has 1 saturated carbocycles. The van der Waals surface area contributed by atoms with Gasteiger partial charge in [0.1, 0.15) is 6.04 Å². The first-order valence-corrected chi connectivity index (χ1v) is 9.98. The summed E-state index contributed by atoms with van der Waals surface area (Å²) in [6.45, 7) is 1.90. The first kappa shape index (κ1) is 18.9. The molecule has 0 aromatic heterocycles. The van der Waals surface area contributed by atoms with Crippen LogP contribution < -0.4 is 10.0 Å². The highest BCUT2D eigenvalue weighted by atomic mass is 32.2. The molecule has 2 aromatic rings. The lowest BCUT2D eigenvalue weighted by molar-refractivity contribution is -0.139. The number of hydrogen-bond donors (Lipinski definition) is 3. The van der Waals surface area contributed by atoms with Crippen LogP contribution in [0.3, 0.4) is 0 Å². The van der Waals surface area contributed by atoms with Gasteiger partial charge in [0.15, 0.2) is 0 Å². The van der Waals surface area contributed by atoms with E-state index in [1.54, 1.807) is 24.3 Å². The van der Waals surface area contributed by atoms with Gasteiger partial charge in [0.05, 0.1) is 4.90 Å².